The van der Waals surface area contributed by atoms with E-state index in [0.29, 0.717) is 0 Å². The van der Waals surface area contributed by atoms with E-state index >= 15 is 0 Å². The maximum absolute atomic E-state index is 12.5. The van der Waals surface area contributed by atoms with Crippen LogP contribution in [0.4, 0.5) is 0 Å². The first-order chi connectivity index (χ1) is 12.8. The molecule has 0 heterocycles. The number of hydrogen-bond donors (Lipinski definition) is 0. The minimum atomic E-state index is -3.92. The molecule has 4 nitrogen and oxygen atoms in total. The molecule has 0 N–H and O–H groups in total. The van der Waals surface area contributed by atoms with Crippen LogP contribution in [-0.2, 0) is 18.6 Å². The number of rotatable bonds is 19. The third kappa shape index (κ3) is 10.6. The van der Waals surface area contributed by atoms with E-state index < -0.39 is 17.2 Å². The van der Waals surface area contributed by atoms with Gasteiger partial charge in [-0.05, 0) is 0 Å². The Balaban J connectivity index is 5.63. The molecule has 0 aliphatic rings. The standard InChI is InChI=1S/C21H47O4PS/c1-6-10-14-15-16-17-21-26(18-11-7-2,19-12-8-3,20-13-9-4)25-27(22,23)24-5/h6-21H2,1-5H3. The Kier molecular flexibility index (Phi) is 14.5. The predicted octanol–water partition coefficient (Wildman–Crippen LogP) is 7.12. The molecule has 166 valence electrons. The van der Waals surface area contributed by atoms with Crippen molar-refractivity contribution in [1.29, 1.82) is 0 Å². The molecule has 0 amide bonds. The third-order valence-electron chi connectivity index (χ3n) is 5.82. The molecule has 0 bridgehead atoms. The topological polar surface area (TPSA) is 52.6 Å². The fourth-order valence-electron chi connectivity index (χ4n) is 4.07. The van der Waals surface area contributed by atoms with Crippen molar-refractivity contribution in [3.63, 3.8) is 0 Å². The van der Waals surface area contributed by atoms with Crippen molar-refractivity contribution >= 4 is 17.2 Å². The summed E-state index contributed by atoms with van der Waals surface area (Å²) in [4.78, 5) is 0. The minimum absolute atomic E-state index is 0.930. The molecule has 0 saturated heterocycles. The van der Waals surface area contributed by atoms with Gasteiger partial charge >= 0.3 is 170 Å². The van der Waals surface area contributed by atoms with Gasteiger partial charge in [0.15, 0.2) is 0 Å². The van der Waals surface area contributed by atoms with E-state index in [9.17, 15) is 8.42 Å². The van der Waals surface area contributed by atoms with Crippen LogP contribution in [0.25, 0.3) is 0 Å². The van der Waals surface area contributed by atoms with Crippen LogP contribution in [-0.4, -0.2) is 40.2 Å². The van der Waals surface area contributed by atoms with Crippen molar-refractivity contribution in [2.24, 2.45) is 0 Å². The van der Waals surface area contributed by atoms with Crippen LogP contribution in [0, 0.1) is 0 Å². The first kappa shape index (κ1) is 27.3. The van der Waals surface area contributed by atoms with Crippen LogP contribution in [0.5, 0.6) is 0 Å². The molecular formula is C21H47O4PS. The second-order valence-corrected chi connectivity index (χ2v) is 15.5. The Bertz CT molecular complexity index is 440. The van der Waals surface area contributed by atoms with Crippen molar-refractivity contribution in [2.75, 3.05) is 31.8 Å². The molecule has 27 heavy (non-hydrogen) atoms. The monoisotopic (exact) mass is 426 g/mol. The zero-order chi connectivity index (χ0) is 20.7. The van der Waals surface area contributed by atoms with E-state index in [-0.39, 0.29) is 0 Å². The molecule has 0 unspecified atom stereocenters. The average Bonchev–Trinajstić information content (AvgIpc) is 2.66. The Morgan fingerprint density at radius 3 is 1.37 bits per heavy atom. The third-order valence-corrected chi connectivity index (χ3v) is 14.4. The number of unbranched alkanes of at least 4 members (excludes halogenated alkanes) is 8. The van der Waals surface area contributed by atoms with Gasteiger partial charge in [-0.25, -0.2) is 0 Å². The van der Waals surface area contributed by atoms with Gasteiger partial charge in [-0.3, -0.25) is 0 Å². The predicted molar refractivity (Wildman–Crippen MR) is 122 cm³/mol. The molecule has 0 radical (unpaired) electrons. The summed E-state index contributed by atoms with van der Waals surface area (Å²) in [5.74, 6) is 0. The van der Waals surface area contributed by atoms with Crippen molar-refractivity contribution in [3.05, 3.63) is 0 Å². The molecule has 0 saturated carbocycles. The van der Waals surface area contributed by atoms with Crippen LogP contribution in [0.3, 0.4) is 0 Å². The summed E-state index contributed by atoms with van der Waals surface area (Å²) in [6, 6.07) is 0. The maximum atomic E-state index is 12.5. The molecule has 0 aromatic rings. The molecule has 0 atom stereocenters. The second-order valence-electron chi connectivity index (χ2n) is 8.23. The Hall–Kier alpha value is 0.300. The van der Waals surface area contributed by atoms with Gasteiger partial charge in [0.25, 0.3) is 0 Å². The van der Waals surface area contributed by atoms with Gasteiger partial charge in [-0.2, -0.15) is 0 Å². The van der Waals surface area contributed by atoms with E-state index in [1.807, 2.05) is 0 Å². The van der Waals surface area contributed by atoms with Crippen LogP contribution >= 0.6 is 6.83 Å². The summed E-state index contributed by atoms with van der Waals surface area (Å²) in [5, 5.41) is 0. The van der Waals surface area contributed by atoms with E-state index in [2.05, 4.69) is 27.7 Å². The van der Waals surface area contributed by atoms with E-state index in [1.165, 1.54) is 39.2 Å². The summed E-state index contributed by atoms with van der Waals surface area (Å²) in [5.41, 5.74) is 0. The van der Waals surface area contributed by atoms with Crippen LogP contribution in [0.2, 0.25) is 0 Å². The summed E-state index contributed by atoms with van der Waals surface area (Å²) in [6.45, 7) is 5.93. The summed E-state index contributed by atoms with van der Waals surface area (Å²) in [7, 11) is -2.69. The summed E-state index contributed by atoms with van der Waals surface area (Å²) < 4.78 is 35.9. The SMILES string of the molecule is CCCCCCCCP(CCCC)(CCCC)(CCCC)OS(=O)(=O)OC. The number of hydrogen-bond acceptors (Lipinski definition) is 4. The molecular weight excluding hydrogens is 379 g/mol. The van der Waals surface area contributed by atoms with Crippen molar-refractivity contribution in [2.45, 2.75) is 105 Å². The van der Waals surface area contributed by atoms with Gasteiger partial charge in [-0.15, -0.1) is 0 Å². The van der Waals surface area contributed by atoms with Gasteiger partial charge in [0.2, 0.25) is 0 Å². The van der Waals surface area contributed by atoms with E-state index in [4.69, 9.17) is 8.15 Å². The molecule has 0 rings (SSSR count). The van der Waals surface area contributed by atoms with Gasteiger partial charge in [-0.1, -0.05) is 0 Å². The van der Waals surface area contributed by atoms with Gasteiger partial charge in [0.1, 0.15) is 0 Å². The van der Waals surface area contributed by atoms with Gasteiger partial charge < -0.3 is 0 Å². The molecule has 0 spiro atoms. The van der Waals surface area contributed by atoms with Crippen molar-refractivity contribution < 1.29 is 16.6 Å². The average molecular weight is 427 g/mol. The van der Waals surface area contributed by atoms with Crippen LogP contribution < -0.4 is 0 Å². The van der Waals surface area contributed by atoms with E-state index in [0.717, 1.165) is 69.6 Å². The Morgan fingerprint density at radius 2 is 0.963 bits per heavy atom. The molecule has 0 aromatic heterocycles. The fourth-order valence-corrected chi connectivity index (χ4v) is 13.3. The summed E-state index contributed by atoms with van der Waals surface area (Å²) in [6.07, 6.45) is 17.4. The Morgan fingerprint density at radius 1 is 0.593 bits per heavy atom. The molecule has 0 aliphatic carbocycles. The molecule has 0 aromatic carbocycles. The first-order valence-electron chi connectivity index (χ1n) is 11.4. The first-order valence-corrected chi connectivity index (χ1v) is 15.6. The molecule has 0 aliphatic heterocycles. The van der Waals surface area contributed by atoms with Gasteiger partial charge in [0.05, 0.1) is 0 Å². The van der Waals surface area contributed by atoms with E-state index in [1.54, 1.807) is 0 Å². The summed E-state index contributed by atoms with van der Waals surface area (Å²) >= 11 is 0. The van der Waals surface area contributed by atoms with Crippen molar-refractivity contribution in [1.82, 2.24) is 0 Å². The molecule has 6 heteroatoms. The second kappa shape index (κ2) is 14.3. The van der Waals surface area contributed by atoms with Crippen LogP contribution in [0.1, 0.15) is 105 Å². The normalized spacial score (nSPS) is 14.2. The quantitative estimate of drug-likeness (QED) is 0.163. The van der Waals surface area contributed by atoms with Gasteiger partial charge in [0, 0.05) is 0 Å². The Labute approximate surface area is 170 Å². The van der Waals surface area contributed by atoms with Crippen molar-refractivity contribution in [3.8, 4) is 0 Å². The zero-order valence-corrected chi connectivity index (χ0v) is 20.5. The van der Waals surface area contributed by atoms with Crippen LogP contribution in [0.15, 0.2) is 0 Å². The fraction of sp³-hybridized carbons (Fsp3) is 1.00. The molecule has 0 fully saturated rings. The zero-order valence-electron chi connectivity index (χ0n) is 18.8.